The van der Waals surface area contributed by atoms with Crippen LogP contribution in [0.5, 0.6) is 5.75 Å². The molecule has 1 unspecified atom stereocenters. The first-order valence-corrected chi connectivity index (χ1v) is 6.10. The average Bonchev–Trinajstić information content (AvgIpc) is 2.90. The number of hydrogen-bond donors (Lipinski definition) is 2. The second-order valence-corrected chi connectivity index (χ2v) is 4.21. The SMILES string of the molecule is COc1ccc(NC(N)=NCC2CCCO2)cc1.I. The van der Waals surface area contributed by atoms with Gasteiger partial charge in [-0.1, -0.05) is 0 Å². The van der Waals surface area contributed by atoms with Gasteiger partial charge in [0.25, 0.3) is 0 Å². The predicted molar refractivity (Wildman–Crippen MR) is 87.5 cm³/mol. The maximum Gasteiger partial charge on any atom is 0.193 e. The molecule has 6 heteroatoms. The van der Waals surface area contributed by atoms with Crippen LogP contribution in [0.2, 0.25) is 0 Å². The molecule has 0 radical (unpaired) electrons. The van der Waals surface area contributed by atoms with E-state index in [1.165, 1.54) is 0 Å². The molecule has 1 fully saturated rings. The minimum Gasteiger partial charge on any atom is -0.497 e. The second-order valence-electron chi connectivity index (χ2n) is 4.21. The number of halogens is 1. The Morgan fingerprint density at radius 3 is 2.79 bits per heavy atom. The van der Waals surface area contributed by atoms with Crippen LogP contribution < -0.4 is 15.8 Å². The molecule has 3 N–H and O–H groups in total. The molecular formula is C13H20IN3O2. The monoisotopic (exact) mass is 377 g/mol. The molecule has 19 heavy (non-hydrogen) atoms. The molecule has 0 bridgehead atoms. The van der Waals surface area contributed by atoms with Gasteiger partial charge in [0.2, 0.25) is 0 Å². The lowest BCUT2D eigenvalue weighted by atomic mass is 10.2. The standard InChI is InChI=1S/C13H19N3O2.HI/c1-17-11-6-4-10(5-7-11)16-13(14)15-9-12-3-2-8-18-12;/h4-7,12H,2-3,8-9H2,1H3,(H3,14,15,16);1H. The normalized spacial score (nSPS) is 18.8. The average molecular weight is 377 g/mol. The zero-order valence-corrected chi connectivity index (χ0v) is 13.3. The fourth-order valence-electron chi connectivity index (χ4n) is 1.85. The van der Waals surface area contributed by atoms with Gasteiger partial charge in [0.1, 0.15) is 5.75 Å². The Morgan fingerprint density at radius 1 is 1.47 bits per heavy atom. The van der Waals surface area contributed by atoms with Gasteiger partial charge in [0, 0.05) is 12.3 Å². The second kappa shape index (κ2) is 8.21. The quantitative estimate of drug-likeness (QED) is 0.480. The predicted octanol–water partition coefficient (Wildman–Crippen LogP) is 2.22. The van der Waals surface area contributed by atoms with Gasteiger partial charge in [-0.25, -0.2) is 0 Å². The molecule has 0 amide bonds. The lowest BCUT2D eigenvalue weighted by Crippen LogP contribution is -2.24. The van der Waals surface area contributed by atoms with Gasteiger partial charge in [0.15, 0.2) is 5.96 Å². The topological polar surface area (TPSA) is 68.9 Å². The number of ether oxygens (including phenoxy) is 2. The van der Waals surface area contributed by atoms with Crippen molar-refractivity contribution in [2.24, 2.45) is 10.7 Å². The first-order valence-electron chi connectivity index (χ1n) is 6.10. The smallest absolute Gasteiger partial charge is 0.193 e. The molecule has 1 atom stereocenters. The van der Waals surface area contributed by atoms with Crippen molar-refractivity contribution in [2.45, 2.75) is 18.9 Å². The van der Waals surface area contributed by atoms with Crippen LogP contribution in [0.25, 0.3) is 0 Å². The maximum atomic E-state index is 5.81. The van der Waals surface area contributed by atoms with Crippen LogP contribution in [0.1, 0.15) is 12.8 Å². The molecular weight excluding hydrogens is 357 g/mol. The number of methoxy groups -OCH3 is 1. The molecule has 1 aromatic rings. The molecule has 0 aliphatic carbocycles. The van der Waals surface area contributed by atoms with Gasteiger partial charge in [0.05, 0.1) is 19.8 Å². The van der Waals surface area contributed by atoms with E-state index < -0.39 is 0 Å². The number of nitrogens with one attached hydrogen (secondary N) is 1. The first kappa shape index (κ1) is 16.0. The molecule has 1 heterocycles. The van der Waals surface area contributed by atoms with Crippen molar-refractivity contribution in [1.29, 1.82) is 0 Å². The molecule has 1 aliphatic heterocycles. The van der Waals surface area contributed by atoms with Crippen molar-refractivity contribution in [2.75, 3.05) is 25.6 Å². The molecule has 5 nitrogen and oxygen atoms in total. The summed E-state index contributed by atoms with van der Waals surface area (Å²) in [5.41, 5.74) is 6.70. The van der Waals surface area contributed by atoms with Gasteiger partial charge in [-0.15, -0.1) is 24.0 Å². The molecule has 2 rings (SSSR count). The Kier molecular flexibility index (Phi) is 6.93. The van der Waals surface area contributed by atoms with Crippen LogP contribution in [0.3, 0.4) is 0 Å². The van der Waals surface area contributed by atoms with E-state index in [9.17, 15) is 0 Å². The third kappa shape index (κ3) is 5.23. The lowest BCUT2D eigenvalue weighted by molar-refractivity contribution is 0.118. The Morgan fingerprint density at radius 2 is 2.21 bits per heavy atom. The van der Waals surface area contributed by atoms with Gasteiger partial charge in [-0.05, 0) is 37.1 Å². The fraction of sp³-hybridized carbons (Fsp3) is 0.462. The summed E-state index contributed by atoms with van der Waals surface area (Å²) < 4.78 is 10.6. The van der Waals surface area contributed by atoms with E-state index in [2.05, 4.69) is 10.3 Å². The Hall–Kier alpha value is -1.02. The third-order valence-electron chi connectivity index (χ3n) is 2.85. The van der Waals surface area contributed by atoms with E-state index in [-0.39, 0.29) is 30.1 Å². The molecule has 1 aliphatic rings. The summed E-state index contributed by atoms with van der Waals surface area (Å²) in [7, 11) is 1.64. The molecule has 0 saturated carbocycles. The largest absolute Gasteiger partial charge is 0.497 e. The fourth-order valence-corrected chi connectivity index (χ4v) is 1.85. The van der Waals surface area contributed by atoms with Crippen LogP contribution in [0, 0.1) is 0 Å². The highest BCUT2D eigenvalue weighted by atomic mass is 127. The van der Waals surface area contributed by atoms with Crippen molar-refractivity contribution in [3.63, 3.8) is 0 Å². The third-order valence-corrected chi connectivity index (χ3v) is 2.85. The Labute approximate surface area is 130 Å². The highest BCUT2D eigenvalue weighted by Crippen LogP contribution is 2.15. The lowest BCUT2D eigenvalue weighted by Gasteiger charge is -2.08. The van der Waals surface area contributed by atoms with Crippen LogP contribution >= 0.6 is 24.0 Å². The van der Waals surface area contributed by atoms with E-state index >= 15 is 0 Å². The molecule has 0 aromatic heterocycles. The summed E-state index contributed by atoms with van der Waals surface area (Å²) in [6.45, 7) is 1.46. The number of aliphatic imine (C=N–C) groups is 1. The van der Waals surface area contributed by atoms with Crippen LogP contribution in [-0.4, -0.2) is 32.3 Å². The molecule has 1 saturated heterocycles. The summed E-state index contributed by atoms with van der Waals surface area (Å²) in [4.78, 5) is 4.27. The minimum absolute atomic E-state index is 0. The summed E-state index contributed by atoms with van der Waals surface area (Å²) in [5, 5.41) is 3.03. The summed E-state index contributed by atoms with van der Waals surface area (Å²) in [6.07, 6.45) is 2.41. The highest BCUT2D eigenvalue weighted by molar-refractivity contribution is 14.0. The number of guanidine groups is 1. The van der Waals surface area contributed by atoms with Crippen LogP contribution in [0.4, 0.5) is 5.69 Å². The van der Waals surface area contributed by atoms with E-state index in [1.807, 2.05) is 24.3 Å². The van der Waals surface area contributed by atoms with Gasteiger partial charge >= 0.3 is 0 Å². The van der Waals surface area contributed by atoms with E-state index in [0.29, 0.717) is 12.5 Å². The van der Waals surface area contributed by atoms with Gasteiger partial charge in [-0.3, -0.25) is 4.99 Å². The Bertz CT molecular complexity index is 403. The number of rotatable bonds is 4. The number of nitrogens with zero attached hydrogens (tertiary/aromatic N) is 1. The molecule has 1 aromatic carbocycles. The minimum atomic E-state index is 0. The van der Waals surface area contributed by atoms with Crippen LogP contribution in [0.15, 0.2) is 29.3 Å². The number of hydrogen-bond acceptors (Lipinski definition) is 3. The summed E-state index contributed by atoms with van der Waals surface area (Å²) in [5.74, 6) is 1.23. The zero-order valence-electron chi connectivity index (χ0n) is 11.0. The van der Waals surface area contributed by atoms with Crippen molar-refractivity contribution in [3.05, 3.63) is 24.3 Å². The first-order chi connectivity index (χ1) is 8.78. The molecule has 0 spiro atoms. The van der Waals surface area contributed by atoms with Crippen molar-refractivity contribution >= 4 is 35.6 Å². The maximum absolute atomic E-state index is 5.81. The van der Waals surface area contributed by atoms with Gasteiger partial charge < -0.3 is 20.5 Å². The van der Waals surface area contributed by atoms with Gasteiger partial charge in [-0.2, -0.15) is 0 Å². The van der Waals surface area contributed by atoms with Crippen molar-refractivity contribution < 1.29 is 9.47 Å². The highest BCUT2D eigenvalue weighted by Gasteiger charge is 2.14. The zero-order chi connectivity index (χ0) is 12.8. The van der Waals surface area contributed by atoms with E-state index in [1.54, 1.807) is 7.11 Å². The Balaban J connectivity index is 0.00000180. The number of nitrogens with two attached hydrogens (primary N) is 1. The summed E-state index contributed by atoms with van der Waals surface area (Å²) >= 11 is 0. The summed E-state index contributed by atoms with van der Waals surface area (Å²) in [6, 6.07) is 7.53. The molecule has 106 valence electrons. The van der Waals surface area contributed by atoms with E-state index in [0.717, 1.165) is 30.9 Å². The van der Waals surface area contributed by atoms with Crippen molar-refractivity contribution in [3.8, 4) is 5.75 Å². The number of benzene rings is 1. The number of anilines is 1. The van der Waals surface area contributed by atoms with Crippen molar-refractivity contribution in [1.82, 2.24) is 0 Å². The van der Waals surface area contributed by atoms with E-state index in [4.69, 9.17) is 15.2 Å². The van der Waals surface area contributed by atoms with Crippen LogP contribution in [-0.2, 0) is 4.74 Å².